The molecule has 4 aromatic rings. The van der Waals surface area contributed by atoms with Crippen molar-refractivity contribution in [3.8, 4) is 0 Å². The Morgan fingerprint density at radius 1 is 1.00 bits per heavy atom. The third-order valence-electron chi connectivity index (χ3n) is 7.02. The van der Waals surface area contributed by atoms with Crippen molar-refractivity contribution in [3.63, 3.8) is 0 Å². The molecule has 0 spiro atoms. The summed E-state index contributed by atoms with van der Waals surface area (Å²) in [6, 6.07) is 17.2. The van der Waals surface area contributed by atoms with E-state index in [0.717, 1.165) is 19.4 Å². The van der Waals surface area contributed by atoms with Gasteiger partial charge in [0.1, 0.15) is 0 Å². The van der Waals surface area contributed by atoms with Gasteiger partial charge in [-0.05, 0) is 55.4 Å². The van der Waals surface area contributed by atoms with Gasteiger partial charge < -0.3 is 9.13 Å². The topological polar surface area (TPSA) is 60.1 Å². The van der Waals surface area contributed by atoms with Crippen molar-refractivity contribution in [2.75, 3.05) is 13.1 Å². The van der Waals surface area contributed by atoms with Crippen LogP contribution in [0.1, 0.15) is 41.1 Å². The summed E-state index contributed by atoms with van der Waals surface area (Å²) in [7, 11) is -1.76. The summed E-state index contributed by atoms with van der Waals surface area (Å²) in [5, 5.41) is 1.42. The molecule has 1 aliphatic rings. The first-order chi connectivity index (χ1) is 15.9. The van der Waals surface area contributed by atoms with Gasteiger partial charge in [0.05, 0.1) is 6.33 Å². The molecule has 6 nitrogen and oxygen atoms in total. The number of benzene rings is 2. The highest BCUT2D eigenvalue weighted by Gasteiger charge is 2.33. The number of sulfonamides is 1. The number of imidazole rings is 1. The van der Waals surface area contributed by atoms with E-state index < -0.39 is 10.0 Å². The molecule has 7 heteroatoms. The van der Waals surface area contributed by atoms with Crippen LogP contribution in [0.15, 0.2) is 66.1 Å². The Bertz CT molecular complexity index is 1410. The minimum atomic E-state index is -3.54. The summed E-state index contributed by atoms with van der Waals surface area (Å²) >= 11 is 0. The molecule has 2 aromatic heterocycles. The van der Waals surface area contributed by atoms with Gasteiger partial charge in [0.25, 0.3) is 10.0 Å². The standard InChI is InChI=1S/C26H30N4O2S/c1-19-8-4-5-9-22(19)16-30-20(2)26(23-10-6-7-11-24(23)30)21-12-14-29(15-13-21)33(31,32)25-17-28(3)18-27-25/h4-11,17-18,21H,12-16H2,1-3H3. The van der Waals surface area contributed by atoms with E-state index >= 15 is 0 Å². The summed E-state index contributed by atoms with van der Waals surface area (Å²) < 4.78 is 31.7. The Labute approximate surface area is 195 Å². The fourth-order valence-electron chi connectivity index (χ4n) is 5.17. The third kappa shape index (κ3) is 3.89. The minimum absolute atomic E-state index is 0.134. The molecule has 0 amide bonds. The van der Waals surface area contributed by atoms with Crippen LogP contribution in [0.25, 0.3) is 10.9 Å². The second kappa shape index (κ2) is 8.47. The highest BCUT2D eigenvalue weighted by Crippen LogP contribution is 2.38. The van der Waals surface area contributed by atoms with Gasteiger partial charge in [-0.25, -0.2) is 13.4 Å². The Hall–Kier alpha value is -2.90. The number of piperidine rings is 1. The third-order valence-corrected chi connectivity index (χ3v) is 8.80. The van der Waals surface area contributed by atoms with Crippen LogP contribution >= 0.6 is 0 Å². The van der Waals surface area contributed by atoms with Crippen molar-refractivity contribution in [1.29, 1.82) is 0 Å². The lowest BCUT2D eigenvalue weighted by atomic mass is 9.88. The van der Waals surface area contributed by atoms with Crippen molar-refractivity contribution in [2.45, 2.75) is 44.2 Å². The summed E-state index contributed by atoms with van der Waals surface area (Å²) in [4.78, 5) is 4.08. The van der Waals surface area contributed by atoms with E-state index in [2.05, 4.69) is 71.9 Å². The van der Waals surface area contributed by atoms with Gasteiger partial charge in [-0.1, -0.05) is 42.5 Å². The summed E-state index contributed by atoms with van der Waals surface area (Å²) in [5.74, 6) is 0.336. The van der Waals surface area contributed by atoms with Crippen LogP contribution in [-0.4, -0.2) is 39.9 Å². The minimum Gasteiger partial charge on any atom is -0.340 e. The van der Waals surface area contributed by atoms with E-state index in [4.69, 9.17) is 0 Å². The molecule has 3 heterocycles. The lowest BCUT2D eigenvalue weighted by molar-refractivity contribution is 0.319. The molecule has 5 rings (SSSR count). The van der Waals surface area contributed by atoms with Crippen LogP contribution in [0.5, 0.6) is 0 Å². The Morgan fingerprint density at radius 2 is 1.70 bits per heavy atom. The van der Waals surface area contributed by atoms with Crippen LogP contribution in [-0.2, 0) is 23.6 Å². The number of hydrogen-bond donors (Lipinski definition) is 0. The Balaban J connectivity index is 1.44. The van der Waals surface area contributed by atoms with Crippen molar-refractivity contribution >= 4 is 20.9 Å². The summed E-state index contributed by atoms with van der Waals surface area (Å²) in [6.45, 7) is 6.24. The number of aryl methyl sites for hydroxylation is 2. The Kier molecular flexibility index (Phi) is 5.62. The van der Waals surface area contributed by atoms with E-state index in [1.54, 1.807) is 22.1 Å². The zero-order chi connectivity index (χ0) is 23.2. The molecule has 0 atom stereocenters. The highest BCUT2D eigenvalue weighted by atomic mass is 32.2. The first-order valence-electron chi connectivity index (χ1n) is 11.5. The molecule has 0 radical (unpaired) electrons. The predicted molar refractivity (Wildman–Crippen MR) is 131 cm³/mol. The highest BCUT2D eigenvalue weighted by molar-refractivity contribution is 7.89. The molecule has 1 saturated heterocycles. The number of hydrogen-bond acceptors (Lipinski definition) is 3. The van der Waals surface area contributed by atoms with Crippen molar-refractivity contribution in [3.05, 3.63) is 83.4 Å². The van der Waals surface area contributed by atoms with E-state index in [0.29, 0.717) is 19.0 Å². The van der Waals surface area contributed by atoms with Gasteiger partial charge in [-0.3, -0.25) is 0 Å². The smallest absolute Gasteiger partial charge is 0.262 e. The zero-order valence-electron chi connectivity index (χ0n) is 19.4. The average Bonchev–Trinajstić information content (AvgIpc) is 3.37. The number of fused-ring (bicyclic) bond motifs is 1. The lowest BCUT2D eigenvalue weighted by Gasteiger charge is -2.31. The fraction of sp³-hybridized carbons (Fsp3) is 0.346. The molecule has 0 bridgehead atoms. The van der Waals surface area contributed by atoms with Gasteiger partial charge in [-0.15, -0.1) is 0 Å². The second-order valence-electron chi connectivity index (χ2n) is 9.08. The van der Waals surface area contributed by atoms with E-state index in [1.807, 2.05) is 0 Å². The molecular weight excluding hydrogens is 432 g/mol. The van der Waals surface area contributed by atoms with Gasteiger partial charge in [0.15, 0.2) is 5.03 Å². The molecule has 172 valence electrons. The first-order valence-corrected chi connectivity index (χ1v) is 12.9. The van der Waals surface area contributed by atoms with Crippen molar-refractivity contribution in [2.24, 2.45) is 7.05 Å². The monoisotopic (exact) mass is 462 g/mol. The molecule has 1 aliphatic heterocycles. The fourth-order valence-corrected chi connectivity index (χ4v) is 6.61. The van der Waals surface area contributed by atoms with Crippen molar-refractivity contribution in [1.82, 2.24) is 18.4 Å². The number of nitrogens with zero attached hydrogens (tertiary/aromatic N) is 4. The van der Waals surface area contributed by atoms with Crippen LogP contribution in [0.3, 0.4) is 0 Å². The quantitative estimate of drug-likeness (QED) is 0.435. The van der Waals surface area contributed by atoms with Crippen molar-refractivity contribution < 1.29 is 8.42 Å². The van der Waals surface area contributed by atoms with Crippen LogP contribution < -0.4 is 0 Å². The van der Waals surface area contributed by atoms with Gasteiger partial charge in [0.2, 0.25) is 0 Å². The molecule has 1 fully saturated rings. The summed E-state index contributed by atoms with van der Waals surface area (Å²) in [6.07, 6.45) is 4.73. The predicted octanol–water partition coefficient (Wildman–Crippen LogP) is 4.61. The number of aromatic nitrogens is 3. The second-order valence-corrected chi connectivity index (χ2v) is 11.0. The van der Waals surface area contributed by atoms with E-state index in [9.17, 15) is 8.42 Å². The Morgan fingerprint density at radius 3 is 2.39 bits per heavy atom. The van der Waals surface area contributed by atoms with Crippen LogP contribution in [0.2, 0.25) is 0 Å². The molecule has 0 aliphatic carbocycles. The SMILES string of the molecule is Cc1ccccc1Cn1c(C)c(C2CCN(S(=O)(=O)c3cn(C)cn3)CC2)c2ccccc21. The first kappa shape index (κ1) is 21.9. The maximum atomic E-state index is 13.0. The maximum Gasteiger partial charge on any atom is 0.262 e. The van der Waals surface area contributed by atoms with Gasteiger partial charge in [-0.2, -0.15) is 4.31 Å². The summed E-state index contributed by atoms with van der Waals surface area (Å²) in [5.41, 5.74) is 6.52. The molecule has 33 heavy (non-hydrogen) atoms. The van der Waals surface area contributed by atoms with Gasteiger partial charge in [0, 0.05) is 49.5 Å². The number of para-hydroxylation sites is 1. The molecule has 2 aromatic carbocycles. The largest absolute Gasteiger partial charge is 0.340 e. The molecular formula is C26H30N4O2S. The normalized spacial score (nSPS) is 16.0. The molecule has 0 saturated carbocycles. The van der Waals surface area contributed by atoms with Crippen LogP contribution in [0, 0.1) is 13.8 Å². The lowest BCUT2D eigenvalue weighted by Crippen LogP contribution is -2.38. The number of rotatable bonds is 5. The van der Waals surface area contributed by atoms with E-state index in [-0.39, 0.29) is 5.03 Å². The average molecular weight is 463 g/mol. The van der Waals surface area contributed by atoms with Crippen LogP contribution in [0.4, 0.5) is 0 Å². The van der Waals surface area contributed by atoms with Gasteiger partial charge >= 0.3 is 0 Å². The van der Waals surface area contributed by atoms with E-state index in [1.165, 1.54) is 39.6 Å². The zero-order valence-corrected chi connectivity index (χ0v) is 20.2. The maximum absolute atomic E-state index is 13.0. The molecule has 0 N–H and O–H groups in total. The molecule has 0 unspecified atom stereocenters.